The maximum atomic E-state index is 10.0. The summed E-state index contributed by atoms with van der Waals surface area (Å²) >= 11 is 0. The van der Waals surface area contributed by atoms with Crippen LogP contribution in [0.5, 0.6) is 5.75 Å². The van der Waals surface area contributed by atoms with Crippen molar-refractivity contribution < 1.29 is 9.84 Å². The molecule has 2 aromatic carbocycles. The number of benzene rings is 2. The Morgan fingerprint density at radius 3 is 2.39 bits per heavy atom. The van der Waals surface area contributed by atoms with E-state index in [1.54, 1.807) is 7.11 Å². The van der Waals surface area contributed by atoms with E-state index in [0.29, 0.717) is 6.42 Å². The minimum atomic E-state index is -0.483. The summed E-state index contributed by atoms with van der Waals surface area (Å²) in [7, 11) is 1.65. The number of methoxy groups -OCH3 is 1. The van der Waals surface area contributed by atoms with E-state index in [1.807, 2.05) is 55.5 Å². The van der Waals surface area contributed by atoms with Crippen LogP contribution in [-0.4, -0.2) is 12.2 Å². The Morgan fingerprint density at radius 2 is 1.78 bits per heavy atom. The number of hydrogen-bond acceptors (Lipinski definition) is 2. The molecule has 0 bridgehead atoms. The summed E-state index contributed by atoms with van der Waals surface area (Å²) in [5.41, 5.74) is 2.96. The molecule has 0 fully saturated rings. The van der Waals surface area contributed by atoms with Crippen LogP contribution in [0, 0.1) is 0 Å². The Morgan fingerprint density at radius 1 is 1.06 bits per heavy atom. The van der Waals surface area contributed by atoms with Crippen LogP contribution in [0.25, 0.3) is 11.1 Å². The van der Waals surface area contributed by atoms with Crippen molar-refractivity contribution in [2.24, 2.45) is 0 Å². The zero-order valence-corrected chi connectivity index (χ0v) is 10.8. The highest BCUT2D eigenvalue weighted by atomic mass is 16.5. The molecule has 0 aromatic heterocycles. The fourth-order valence-corrected chi connectivity index (χ4v) is 2.11. The molecule has 0 heterocycles. The summed E-state index contributed by atoms with van der Waals surface area (Å²) in [6, 6.07) is 16.0. The summed E-state index contributed by atoms with van der Waals surface area (Å²) in [6.45, 7) is 1.96. The van der Waals surface area contributed by atoms with E-state index < -0.39 is 6.10 Å². The molecular weight excluding hydrogens is 224 g/mol. The molecule has 0 spiro atoms. The van der Waals surface area contributed by atoms with Gasteiger partial charge in [-0.25, -0.2) is 0 Å². The summed E-state index contributed by atoms with van der Waals surface area (Å²) < 4.78 is 5.49. The van der Waals surface area contributed by atoms with Crippen LogP contribution in [0.3, 0.4) is 0 Å². The minimum absolute atomic E-state index is 0.483. The van der Waals surface area contributed by atoms with Crippen LogP contribution in [-0.2, 0) is 0 Å². The lowest BCUT2D eigenvalue weighted by Gasteiger charge is -2.16. The first kappa shape index (κ1) is 12.7. The van der Waals surface area contributed by atoms with E-state index in [4.69, 9.17) is 4.74 Å². The Kier molecular flexibility index (Phi) is 4.00. The molecular formula is C16H18O2. The summed E-state index contributed by atoms with van der Waals surface area (Å²) in [5.74, 6) is 0.762. The van der Waals surface area contributed by atoms with E-state index in [2.05, 4.69) is 0 Å². The molecule has 1 atom stereocenters. The largest absolute Gasteiger partial charge is 0.496 e. The molecule has 2 nitrogen and oxygen atoms in total. The van der Waals surface area contributed by atoms with Crippen molar-refractivity contribution in [2.45, 2.75) is 19.4 Å². The smallest absolute Gasteiger partial charge is 0.132 e. The molecule has 0 amide bonds. The van der Waals surface area contributed by atoms with Crippen LogP contribution in [0.2, 0.25) is 0 Å². The van der Waals surface area contributed by atoms with Crippen LogP contribution in [0.1, 0.15) is 25.0 Å². The van der Waals surface area contributed by atoms with Crippen molar-refractivity contribution in [1.29, 1.82) is 0 Å². The van der Waals surface area contributed by atoms with Crippen molar-refractivity contribution >= 4 is 0 Å². The molecule has 0 aliphatic heterocycles. The minimum Gasteiger partial charge on any atom is -0.496 e. The van der Waals surface area contributed by atoms with Gasteiger partial charge in [0.05, 0.1) is 13.2 Å². The molecule has 0 radical (unpaired) electrons. The first-order chi connectivity index (χ1) is 8.77. The molecule has 18 heavy (non-hydrogen) atoms. The average Bonchev–Trinajstić information content (AvgIpc) is 2.46. The second-order valence-corrected chi connectivity index (χ2v) is 4.22. The van der Waals surface area contributed by atoms with Gasteiger partial charge in [-0.05, 0) is 12.0 Å². The average molecular weight is 242 g/mol. The predicted octanol–water partition coefficient (Wildman–Crippen LogP) is 3.81. The number of hydrogen-bond donors (Lipinski definition) is 1. The number of ether oxygens (including phenoxy) is 1. The molecule has 0 saturated carbocycles. The van der Waals surface area contributed by atoms with Gasteiger partial charge >= 0.3 is 0 Å². The zero-order valence-electron chi connectivity index (χ0n) is 10.8. The van der Waals surface area contributed by atoms with Crippen molar-refractivity contribution in [2.75, 3.05) is 7.11 Å². The Hall–Kier alpha value is -1.80. The molecule has 94 valence electrons. The SMILES string of the molecule is CC[C@H](O)c1cccc(-c2ccccc2)c1OC. The third kappa shape index (κ3) is 2.39. The molecule has 0 aliphatic carbocycles. The van der Waals surface area contributed by atoms with Gasteiger partial charge in [0.1, 0.15) is 5.75 Å². The van der Waals surface area contributed by atoms with Gasteiger partial charge in [0.15, 0.2) is 0 Å². The van der Waals surface area contributed by atoms with Crippen molar-refractivity contribution in [3.05, 3.63) is 54.1 Å². The Balaban J connectivity index is 2.55. The molecule has 0 aliphatic rings. The van der Waals surface area contributed by atoms with E-state index in [0.717, 1.165) is 22.4 Å². The maximum Gasteiger partial charge on any atom is 0.132 e. The van der Waals surface area contributed by atoms with Crippen molar-refractivity contribution in [3.63, 3.8) is 0 Å². The molecule has 2 rings (SSSR count). The van der Waals surface area contributed by atoms with E-state index in [9.17, 15) is 5.11 Å². The van der Waals surface area contributed by atoms with Gasteiger partial charge in [0, 0.05) is 11.1 Å². The highest BCUT2D eigenvalue weighted by Crippen LogP contribution is 2.36. The van der Waals surface area contributed by atoms with Gasteiger partial charge in [-0.15, -0.1) is 0 Å². The number of rotatable bonds is 4. The molecule has 2 aromatic rings. The van der Waals surface area contributed by atoms with Gasteiger partial charge in [0.2, 0.25) is 0 Å². The van der Waals surface area contributed by atoms with Gasteiger partial charge in [-0.2, -0.15) is 0 Å². The number of aliphatic hydroxyl groups is 1. The number of para-hydroxylation sites is 1. The maximum absolute atomic E-state index is 10.0. The summed E-state index contributed by atoms with van der Waals surface area (Å²) in [5, 5.41) is 10.0. The highest BCUT2D eigenvalue weighted by molar-refractivity contribution is 5.72. The lowest BCUT2D eigenvalue weighted by Crippen LogP contribution is -2.00. The Labute approximate surface area is 108 Å². The van der Waals surface area contributed by atoms with Gasteiger partial charge < -0.3 is 9.84 Å². The Bertz CT molecular complexity index is 506. The van der Waals surface area contributed by atoms with E-state index >= 15 is 0 Å². The second kappa shape index (κ2) is 5.69. The van der Waals surface area contributed by atoms with Gasteiger partial charge in [0.25, 0.3) is 0 Å². The second-order valence-electron chi connectivity index (χ2n) is 4.22. The predicted molar refractivity (Wildman–Crippen MR) is 73.7 cm³/mol. The van der Waals surface area contributed by atoms with E-state index in [-0.39, 0.29) is 0 Å². The zero-order chi connectivity index (χ0) is 13.0. The monoisotopic (exact) mass is 242 g/mol. The lowest BCUT2D eigenvalue weighted by molar-refractivity contribution is 0.169. The molecule has 0 saturated heterocycles. The van der Waals surface area contributed by atoms with Crippen molar-refractivity contribution in [3.8, 4) is 16.9 Å². The van der Waals surface area contributed by atoms with Crippen LogP contribution in [0.4, 0.5) is 0 Å². The van der Waals surface area contributed by atoms with Crippen LogP contribution in [0.15, 0.2) is 48.5 Å². The van der Waals surface area contributed by atoms with Crippen LogP contribution < -0.4 is 4.74 Å². The van der Waals surface area contributed by atoms with Crippen molar-refractivity contribution in [1.82, 2.24) is 0 Å². The van der Waals surface area contributed by atoms with E-state index in [1.165, 1.54) is 0 Å². The quantitative estimate of drug-likeness (QED) is 0.883. The highest BCUT2D eigenvalue weighted by Gasteiger charge is 2.15. The third-order valence-corrected chi connectivity index (χ3v) is 3.08. The molecule has 2 heteroatoms. The standard InChI is InChI=1S/C16H18O2/c1-3-15(17)14-11-7-10-13(16(14)18-2)12-8-5-4-6-9-12/h4-11,15,17H,3H2,1-2H3/t15-/m0/s1. The first-order valence-electron chi connectivity index (χ1n) is 6.18. The molecule has 1 N–H and O–H groups in total. The normalized spacial score (nSPS) is 12.2. The topological polar surface area (TPSA) is 29.5 Å². The number of aliphatic hydroxyl groups excluding tert-OH is 1. The lowest BCUT2D eigenvalue weighted by atomic mass is 9.98. The van der Waals surface area contributed by atoms with Gasteiger partial charge in [-0.1, -0.05) is 55.5 Å². The molecule has 0 unspecified atom stereocenters. The fraction of sp³-hybridized carbons (Fsp3) is 0.250. The van der Waals surface area contributed by atoms with Crippen LogP contribution >= 0.6 is 0 Å². The fourth-order valence-electron chi connectivity index (χ4n) is 2.11. The summed E-state index contributed by atoms with van der Waals surface area (Å²) in [6.07, 6.45) is 0.192. The van der Waals surface area contributed by atoms with Gasteiger partial charge in [-0.3, -0.25) is 0 Å². The first-order valence-corrected chi connectivity index (χ1v) is 6.18. The summed E-state index contributed by atoms with van der Waals surface area (Å²) in [4.78, 5) is 0. The third-order valence-electron chi connectivity index (χ3n) is 3.08.